The van der Waals surface area contributed by atoms with Crippen LogP contribution in [0.4, 0.5) is 20.6 Å². The van der Waals surface area contributed by atoms with E-state index in [2.05, 4.69) is 32.6 Å². The zero-order chi connectivity index (χ0) is 31.6. The summed E-state index contributed by atoms with van der Waals surface area (Å²) in [6.07, 6.45) is 7.97. The van der Waals surface area contributed by atoms with Gasteiger partial charge in [-0.25, -0.2) is 23.7 Å². The second kappa shape index (κ2) is 12.7. The molecule has 1 aliphatic carbocycles. The van der Waals surface area contributed by atoms with Crippen LogP contribution in [-0.2, 0) is 11.2 Å². The molecule has 232 valence electrons. The van der Waals surface area contributed by atoms with E-state index in [1.165, 1.54) is 18.2 Å². The Labute approximate surface area is 260 Å². The van der Waals surface area contributed by atoms with Crippen molar-refractivity contribution in [1.82, 2.24) is 19.9 Å². The first kappa shape index (κ1) is 31.1. The Morgan fingerprint density at radius 2 is 1.98 bits per heavy atom. The number of pyridine rings is 1. The van der Waals surface area contributed by atoms with E-state index in [4.69, 9.17) is 26.8 Å². The van der Waals surface area contributed by atoms with Crippen LogP contribution in [0.5, 0.6) is 5.88 Å². The third-order valence-corrected chi connectivity index (χ3v) is 7.75. The van der Waals surface area contributed by atoms with Crippen molar-refractivity contribution in [1.29, 1.82) is 0 Å². The smallest absolute Gasteiger partial charge is 0.407 e. The standard InChI is InChI=1S/C32H37ClFN7O3/c1-6-18-12-28(43-5)36-15-23(18)19-11-27-29(38-21-8-9-22(14-21)39-31(42)44-32(2,3)4)24(16-37-41(27)17-19)30(35)40-26-13-20(34)7-10-25(26)33/h7,10-13,15-17,21-22,38H,6,8-9,14H2,1-5H3,(H2,35,40)(H,39,42)/t21-,22?/m1/s1. The monoisotopic (exact) mass is 621 g/mol. The zero-order valence-electron chi connectivity index (χ0n) is 25.4. The highest BCUT2D eigenvalue weighted by atomic mass is 35.5. The van der Waals surface area contributed by atoms with Gasteiger partial charge in [-0.1, -0.05) is 18.5 Å². The molecule has 1 aliphatic rings. The Bertz CT molecular complexity index is 1720. The summed E-state index contributed by atoms with van der Waals surface area (Å²) in [7, 11) is 1.59. The van der Waals surface area contributed by atoms with E-state index in [1.807, 2.05) is 39.1 Å². The summed E-state index contributed by atoms with van der Waals surface area (Å²) < 4.78 is 26.6. The summed E-state index contributed by atoms with van der Waals surface area (Å²) in [6.45, 7) is 7.58. The van der Waals surface area contributed by atoms with Gasteiger partial charge in [0.1, 0.15) is 17.3 Å². The second-order valence-electron chi connectivity index (χ2n) is 11.8. The van der Waals surface area contributed by atoms with Crippen LogP contribution in [0.25, 0.3) is 16.6 Å². The van der Waals surface area contributed by atoms with Crippen molar-refractivity contribution in [3.8, 4) is 17.0 Å². The zero-order valence-corrected chi connectivity index (χ0v) is 26.2. The molecule has 1 aromatic carbocycles. The molecule has 4 N–H and O–H groups in total. The summed E-state index contributed by atoms with van der Waals surface area (Å²) in [4.78, 5) is 21.3. The predicted molar refractivity (Wildman–Crippen MR) is 171 cm³/mol. The third kappa shape index (κ3) is 7.05. The summed E-state index contributed by atoms with van der Waals surface area (Å²) in [5.74, 6) is 0.200. The number of aliphatic imine (C=N–C) groups is 1. The van der Waals surface area contributed by atoms with E-state index in [0.29, 0.717) is 23.6 Å². The number of aryl methyl sites for hydroxylation is 1. The Hall–Kier alpha value is -4.38. The average Bonchev–Trinajstić information content (AvgIpc) is 3.60. The first-order valence-corrected chi connectivity index (χ1v) is 14.9. The molecule has 3 heterocycles. The highest BCUT2D eigenvalue weighted by Gasteiger charge is 2.29. The molecule has 1 unspecified atom stereocenters. The normalized spacial score (nSPS) is 17.1. The van der Waals surface area contributed by atoms with Gasteiger partial charge in [0.05, 0.1) is 40.8 Å². The summed E-state index contributed by atoms with van der Waals surface area (Å²) in [6, 6.07) is 7.84. The number of fused-ring (bicyclic) bond motifs is 1. The van der Waals surface area contributed by atoms with Crippen LogP contribution in [0.15, 0.2) is 53.9 Å². The number of carbonyl (C=O) groups is 1. The van der Waals surface area contributed by atoms with Gasteiger partial charge in [0.15, 0.2) is 0 Å². The molecule has 0 radical (unpaired) electrons. The maximum atomic E-state index is 14.0. The molecular weight excluding hydrogens is 585 g/mol. The van der Waals surface area contributed by atoms with Gasteiger partial charge in [-0.05, 0) is 70.2 Å². The third-order valence-electron chi connectivity index (χ3n) is 7.43. The lowest BCUT2D eigenvalue weighted by Gasteiger charge is -2.22. The Kier molecular flexibility index (Phi) is 8.96. The Morgan fingerprint density at radius 1 is 1.20 bits per heavy atom. The minimum atomic E-state index is -0.580. The van der Waals surface area contributed by atoms with Gasteiger partial charge in [-0.3, -0.25) is 0 Å². The summed E-state index contributed by atoms with van der Waals surface area (Å²) in [5, 5.41) is 11.5. The lowest BCUT2D eigenvalue weighted by Crippen LogP contribution is -2.38. The van der Waals surface area contributed by atoms with Crippen molar-refractivity contribution in [3.63, 3.8) is 0 Å². The van der Waals surface area contributed by atoms with E-state index < -0.39 is 17.5 Å². The highest BCUT2D eigenvalue weighted by molar-refractivity contribution is 6.33. The fourth-order valence-corrected chi connectivity index (χ4v) is 5.53. The summed E-state index contributed by atoms with van der Waals surface area (Å²) >= 11 is 6.29. The van der Waals surface area contributed by atoms with Crippen LogP contribution in [0.2, 0.25) is 5.02 Å². The maximum absolute atomic E-state index is 14.0. The number of hydrogen-bond donors (Lipinski definition) is 3. The molecule has 44 heavy (non-hydrogen) atoms. The van der Waals surface area contributed by atoms with E-state index in [0.717, 1.165) is 41.5 Å². The molecule has 2 atom stereocenters. The largest absolute Gasteiger partial charge is 0.481 e. The van der Waals surface area contributed by atoms with Crippen LogP contribution in [0, 0.1) is 5.82 Å². The number of benzene rings is 1. The number of aromatic nitrogens is 3. The number of nitrogens with one attached hydrogen (secondary N) is 2. The van der Waals surface area contributed by atoms with E-state index in [9.17, 15) is 9.18 Å². The minimum absolute atomic E-state index is 0.0117. The van der Waals surface area contributed by atoms with E-state index >= 15 is 0 Å². The second-order valence-corrected chi connectivity index (χ2v) is 12.2. The van der Waals surface area contributed by atoms with Crippen LogP contribution >= 0.6 is 11.6 Å². The van der Waals surface area contributed by atoms with Crippen LogP contribution < -0.4 is 21.1 Å². The molecule has 1 saturated carbocycles. The first-order valence-electron chi connectivity index (χ1n) is 14.5. The SMILES string of the molecule is CCc1cc(OC)ncc1-c1cc2c(N[C@@H]3CCC(NC(=O)OC(C)(C)C)C3)c(C(N)=Nc3cc(F)ccc3Cl)cnn2c1. The minimum Gasteiger partial charge on any atom is -0.481 e. The van der Waals surface area contributed by atoms with Crippen molar-refractivity contribution >= 4 is 40.4 Å². The fraction of sp³-hybridized carbons (Fsp3) is 0.375. The molecule has 4 aromatic rings. The number of hydrogen-bond acceptors (Lipinski definition) is 7. The molecular formula is C32H37ClFN7O3. The lowest BCUT2D eigenvalue weighted by molar-refractivity contribution is 0.0505. The summed E-state index contributed by atoms with van der Waals surface area (Å²) in [5.41, 5.74) is 11.1. The van der Waals surface area contributed by atoms with Crippen molar-refractivity contribution in [2.45, 2.75) is 71.1 Å². The average molecular weight is 622 g/mol. The molecule has 10 nitrogen and oxygen atoms in total. The number of anilines is 1. The molecule has 1 amide bonds. The van der Waals surface area contributed by atoms with Crippen molar-refractivity contribution in [2.75, 3.05) is 12.4 Å². The number of halogens is 2. The van der Waals surface area contributed by atoms with Gasteiger partial charge in [0.2, 0.25) is 5.88 Å². The Balaban J connectivity index is 1.53. The lowest BCUT2D eigenvalue weighted by atomic mass is 10.0. The van der Waals surface area contributed by atoms with Crippen molar-refractivity contribution < 1.29 is 18.7 Å². The topological polar surface area (TPSA) is 128 Å². The molecule has 0 bridgehead atoms. The van der Waals surface area contributed by atoms with Crippen LogP contribution in [0.1, 0.15) is 58.1 Å². The molecule has 1 fully saturated rings. The number of rotatable bonds is 8. The van der Waals surface area contributed by atoms with Gasteiger partial charge in [-0.15, -0.1) is 0 Å². The van der Waals surface area contributed by atoms with Gasteiger partial charge in [-0.2, -0.15) is 5.10 Å². The quantitative estimate of drug-likeness (QED) is 0.148. The molecule has 0 spiro atoms. The molecule has 3 aromatic heterocycles. The van der Waals surface area contributed by atoms with Crippen LogP contribution in [0.3, 0.4) is 0 Å². The van der Waals surface area contributed by atoms with Crippen molar-refractivity contribution in [2.24, 2.45) is 10.7 Å². The fourth-order valence-electron chi connectivity index (χ4n) is 5.37. The van der Waals surface area contributed by atoms with Gasteiger partial charge in [0.25, 0.3) is 0 Å². The first-order chi connectivity index (χ1) is 20.9. The van der Waals surface area contributed by atoms with Gasteiger partial charge >= 0.3 is 6.09 Å². The number of nitrogens with two attached hydrogens (primary N) is 1. The Morgan fingerprint density at radius 3 is 2.70 bits per heavy atom. The van der Waals surface area contributed by atoms with Gasteiger partial charge < -0.3 is 25.8 Å². The number of amides is 1. The van der Waals surface area contributed by atoms with E-state index in [-0.39, 0.29) is 28.6 Å². The predicted octanol–water partition coefficient (Wildman–Crippen LogP) is 6.65. The molecule has 12 heteroatoms. The number of alkyl carbamates (subject to hydrolysis) is 1. The van der Waals surface area contributed by atoms with Crippen LogP contribution in [-0.4, -0.2) is 51.3 Å². The molecule has 0 aliphatic heterocycles. The molecule has 5 rings (SSSR count). The number of amidine groups is 1. The number of nitrogens with zero attached hydrogens (tertiary/aromatic N) is 4. The maximum Gasteiger partial charge on any atom is 0.407 e. The van der Waals surface area contributed by atoms with Gasteiger partial charge in [0, 0.05) is 47.7 Å². The number of methoxy groups -OCH3 is 1. The number of ether oxygens (including phenoxy) is 2. The number of carbonyl (C=O) groups excluding carboxylic acids is 1. The van der Waals surface area contributed by atoms with E-state index in [1.54, 1.807) is 24.0 Å². The highest BCUT2D eigenvalue weighted by Crippen LogP contribution is 2.34. The molecule has 0 saturated heterocycles. The van der Waals surface area contributed by atoms with Crippen molar-refractivity contribution in [3.05, 3.63) is 70.9 Å².